The highest BCUT2D eigenvalue weighted by Crippen LogP contribution is 2.45. The van der Waals surface area contributed by atoms with Crippen molar-refractivity contribution in [3.8, 4) is 0 Å². The van der Waals surface area contributed by atoms with Crippen LogP contribution < -0.4 is 4.90 Å². The Morgan fingerprint density at radius 1 is 1.00 bits per heavy atom. The van der Waals surface area contributed by atoms with E-state index in [9.17, 15) is 14.7 Å². The minimum Gasteiger partial charge on any atom is -0.375 e. The smallest absolute Gasteiger partial charge is 0.264 e. The van der Waals surface area contributed by atoms with Crippen LogP contribution in [0.2, 0.25) is 0 Å². The van der Waals surface area contributed by atoms with Gasteiger partial charge >= 0.3 is 0 Å². The number of carbonyl (C=O) groups is 2. The fourth-order valence-corrected chi connectivity index (χ4v) is 5.58. The van der Waals surface area contributed by atoms with Crippen molar-refractivity contribution in [2.45, 2.75) is 58.6 Å². The van der Waals surface area contributed by atoms with Crippen LogP contribution in [0.1, 0.15) is 65.4 Å². The Balaban J connectivity index is 1.73. The SMILES string of the molecule is Cc1cc(C(C)(C)C)cc(C)c1C(=O)CC1(O)C(=O)N(Cc2ccccc2Br)c2ccc(Br)cc21. The minimum atomic E-state index is -1.95. The molecule has 0 spiro atoms. The lowest BCUT2D eigenvalue weighted by Crippen LogP contribution is -2.41. The van der Waals surface area contributed by atoms with Gasteiger partial charge in [-0.2, -0.15) is 0 Å². The summed E-state index contributed by atoms with van der Waals surface area (Å²) in [5.74, 6) is -0.735. The number of ketones is 1. The van der Waals surface area contributed by atoms with E-state index in [1.54, 1.807) is 11.0 Å². The van der Waals surface area contributed by atoms with Crippen molar-refractivity contribution in [1.82, 2.24) is 0 Å². The summed E-state index contributed by atoms with van der Waals surface area (Å²) in [6.07, 6.45) is -0.321. The highest BCUT2D eigenvalue weighted by atomic mass is 79.9. The molecule has 1 unspecified atom stereocenters. The molecule has 1 heterocycles. The lowest BCUT2D eigenvalue weighted by atomic mass is 9.81. The van der Waals surface area contributed by atoms with Gasteiger partial charge < -0.3 is 10.0 Å². The molecule has 35 heavy (non-hydrogen) atoms. The molecule has 0 saturated carbocycles. The number of anilines is 1. The Morgan fingerprint density at radius 3 is 2.23 bits per heavy atom. The number of benzene rings is 3. The predicted octanol–water partition coefficient (Wildman–Crippen LogP) is 7.13. The predicted molar refractivity (Wildman–Crippen MR) is 147 cm³/mol. The summed E-state index contributed by atoms with van der Waals surface area (Å²) in [4.78, 5) is 28.9. The zero-order chi connectivity index (χ0) is 25.7. The van der Waals surface area contributed by atoms with E-state index < -0.39 is 11.5 Å². The van der Waals surface area contributed by atoms with Gasteiger partial charge in [0.15, 0.2) is 11.4 Å². The topological polar surface area (TPSA) is 57.6 Å². The van der Waals surface area contributed by atoms with E-state index in [2.05, 4.69) is 52.6 Å². The van der Waals surface area contributed by atoms with Gasteiger partial charge in [0.25, 0.3) is 5.91 Å². The molecule has 3 aromatic carbocycles. The second-order valence-electron chi connectivity index (χ2n) is 10.3. The van der Waals surface area contributed by atoms with E-state index in [0.717, 1.165) is 31.2 Å². The molecular weight excluding hydrogens is 570 g/mol. The zero-order valence-electron chi connectivity index (χ0n) is 20.6. The van der Waals surface area contributed by atoms with Crippen LogP contribution in [0.15, 0.2) is 63.5 Å². The van der Waals surface area contributed by atoms with Gasteiger partial charge in [-0.05, 0) is 65.8 Å². The first-order valence-electron chi connectivity index (χ1n) is 11.6. The van der Waals surface area contributed by atoms with Crippen LogP contribution in [-0.4, -0.2) is 16.8 Å². The van der Waals surface area contributed by atoms with Crippen LogP contribution in [0.3, 0.4) is 0 Å². The molecule has 0 fully saturated rings. The summed E-state index contributed by atoms with van der Waals surface area (Å²) in [5, 5.41) is 11.8. The second kappa shape index (κ2) is 9.30. The van der Waals surface area contributed by atoms with Crippen molar-refractivity contribution in [2.24, 2.45) is 0 Å². The number of hydrogen-bond donors (Lipinski definition) is 1. The fourth-order valence-electron chi connectivity index (χ4n) is 4.80. The molecule has 0 aromatic heterocycles. The standard InChI is InChI=1S/C29H29Br2NO3/c1-17-12-20(28(3,4)5)13-18(2)26(17)25(33)15-29(35)22-14-21(30)10-11-24(22)32(27(29)34)16-19-8-6-7-9-23(19)31/h6-14,35H,15-16H2,1-5H3. The summed E-state index contributed by atoms with van der Waals surface area (Å²) < 4.78 is 1.61. The van der Waals surface area contributed by atoms with Crippen molar-refractivity contribution < 1.29 is 14.7 Å². The van der Waals surface area contributed by atoms with Crippen molar-refractivity contribution in [1.29, 1.82) is 0 Å². The zero-order valence-corrected chi connectivity index (χ0v) is 23.7. The number of aryl methyl sites for hydroxylation is 2. The molecule has 1 amide bonds. The quantitative estimate of drug-likeness (QED) is 0.318. The third-order valence-corrected chi connectivity index (χ3v) is 7.94. The van der Waals surface area contributed by atoms with Crippen LogP contribution in [0.4, 0.5) is 5.69 Å². The monoisotopic (exact) mass is 597 g/mol. The van der Waals surface area contributed by atoms with Crippen molar-refractivity contribution in [3.63, 3.8) is 0 Å². The summed E-state index contributed by atoms with van der Waals surface area (Å²) >= 11 is 7.01. The van der Waals surface area contributed by atoms with Gasteiger partial charge in [0.2, 0.25) is 0 Å². The van der Waals surface area contributed by atoms with Crippen molar-refractivity contribution in [2.75, 3.05) is 4.90 Å². The first-order valence-corrected chi connectivity index (χ1v) is 13.1. The Morgan fingerprint density at radius 2 is 1.63 bits per heavy atom. The highest BCUT2D eigenvalue weighted by molar-refractivity contribution is 9.10. The van der Waals surface area contributed by atoms with E-state index in [1.165, 1.54) is 0 Å². The molecule has 0 bridgehead atoms. The minimum absolute atomic E-state index is 0.0475. The number of hydrogen-bond acceptors (Lipinski definition) is 3. The van der Waals surface area contributed by atoms with Gasteiger partial charge in [-0.25, -0.2) is 0 Å². The fraction of sp³-hybridized carbons (Fsp3) is 0.310. The van der Waals surface area contributed by atoms with Crippen LogP contribution in [0.5, 0.6) is 0 Å². The lowest BCUT2D eigenvalue weighted by molar-refractivity contribution is -0.136. The normalized spacial score (nSPS) is 17.6. The molecule has 1 N–H and O–H groups in total. The van der Waals surface area contributed by atoms with E-state index >= 15 is 0 Å². The molecule has 4 nitrogen and oxygen atoms in total. The molecule has 0 radical (unpaired) electrons. The van der Waals surface area contributed by atoms with Gasteiger partial charge in [-0.3, -0.25) is 9.59 Å². The Hall–Kier alpha value is -2.28. The number of amides is 1. The maximum Gasteiger partial charge on any atom is 0.264 e. The molecule has 1 aliphatic heterocycles. The van der Waals surface area contributed by atoms with Crippen molar-refractivity contribution >= 4 is 49.2 Å². The summed E-state index contributed by atoms with van der Waals surface area (Å²) in [6.45, 7) is 10.5. The number of carbonyl (C=O) groups excluding carboxylic acids is 2. The maximum absolute atomic E-state index is 13.7. The van der Waals surface area contributed by atoms with Gasteiger partial charge in [-0.1, -0.05) is 83.0 Å². The van der Waals surface area contributed by atoms with E-state index in [4.69, 9.17) is 0 Å². The number of fused-ring (bicyclic) bond motifs is 1. The number of rotatable bonds is 5. The molecule has 182 valence electrons. The number of Topliss-reactive ketones (excluding diaryl/α,β-unsaturated/α-hetero) is 1. The van der Waals surface area contributed by atoms with Crippen LogP contribution in [0, 0.1) is 13.8 Å². The Kier molecular flexibility index (Phi) is 6.86. The average molecular weight is 599 g/mol. The Labute approximate surface area is 223 Å². The number of nitrogens with zero attached hydrogens (tertiary/aromatic N) is 1. The molecule has 3 aromatic rings. The second-order valence-corrected chi connectivity index (χ2v) is 12.1. The number of halogens is 2. The van der Waals surface area contributed by atoms with Crippen molar-refractivity contribution in [3.05, 3.63) is 96.9 Å². The first kappa shape index (κ1) is 25.8. The van der Waals surface area contributed by atoms with Crippen LogP contribution >= 0.6 is 31.9 Å². The first-order chi connectivity index (χ1) is 16.3. The maximum atomic E-state index is 13.7. The third kappa shape index (κ3) is 4.76. The molecule has 1 atom stereocenters. The third-order valence-electron chi connectivity index (χ3n) is 6.67. The largest absolute Gasteiger partial charge is 0.375 e. The van der Waals surface area contributed by atoms with E-state index in [1.807, 2.05) is 62.4 Å². The highest BCUT2D eigenvalue weighted by Gasteiger charge is 2.51. The van der Waals surface area contributed by atoms with Crippen LogP contribution in [-0.2, 0) is 22.4 Å². The lowest BCUT2D eigenvalue weighted by Gasteiger charge is -2.25. The van der Waals surface area contributed by atoms with Gasteiger partial charge in [0.1, 0.15) is 0 Å². The molecular formula is C29H29Br2NO3. The van der Waals surface area contributed by atoms with E-state index in [-0.39, 0.29) is 24.2 Å². The molecule has 0 saturated heterocycles. The number of aliphatic hydroxyl groups is 1. The average Bonchev–Trinajstić information content (AvgIpc) is 2.95. The molecule has 0 aliphatic carbocycles. The summed E-state index contributed by atoms with van der Waals surface area (Å²) in [6, 6.07) is 17.1. The molecule has 4 rings (SSSR count). The van der Waals surface area contributed by atoms with Gasteiger partial charge in [0.05, 0.1) is 18.7 Å². The summed E-state index contributed by atoms with van der Waals surface area (Å²) in [7, 11) is 0. The molecule has 6 heteroatoms. The van der Waals surface area contributed by atoms with Gasteiger partial charge in [-0.15, -0.1) is 0 Å². The van der Waals surface area contributed by atoms with Crippen LogP contribution in [0.25, 0.3) is 0 Å². The summed E-state index contributed by atoms with van der Waals surface area (Å²) in [5.41, 5.74) is 3.40. The molecule has 1 aliphatic rings. The van der Waals surface area contributed by atoms with Gasteiger partial charge in [0, 0.05) is 20.1 Å². The Bertz CT molecular complexity index is 1320. The van der Waals surface area contributed by atoms with E-state index in [0.29, 0.717) is 16.8 Å².